The highest BCUT2D eigenvalue weighted by Gasteiger charge is 2.22. The van der Waals surface area contributed by atoms with Crippen molar-refractivity contribution in [2.75, 3.05) is 0 Å². The predicted molar refractivity (Wildman–Crippen MR) is 81.5 cm³/mol. The Morgan fingerprint density at radius 3 is 2.65 bits per heavy atom. The van der Waals surface area contributed by atoms with Crippen LogP contribution in [0.25, 0.3) is 0 Å². The van der Waals surface area contributed by atoms with Gasteiger partial charge in [0, 0.05) is 6.42 Å². The lowest BCUT2D eigenvalue weighted by molar-refractivity contribution is 0.0873. The lowest BCUT2D eigenvalue weighted by Crippen LogP contribution is -2.25. The Morgan fingerprint density at radius 2 is 1.95 bits per heavy atom. The highest BCUT2D eigenvalue weighted by molar-refractivity contribution is 5.81. The van der Waals surface area contributed by atoms with E-state index in [2.05, 4.69) is 5.16 Å². The Balaban J connectivity index is 1.73. The van der Waals surface area contributed by atoms with Crippen molar-refractivity contribution in [3.63, 3.8) is 0 Å². The molecule has 0 aromatic heterocycles. The molecule has 1 fully saturated rings. The summed E-state index contributed by atoms with van der Waals surface area (Å²) in [6.07, 6.45) is 6.48. The van der Waals surface area contributed by atoms with Gasteiger partial charge in [-0.15, -0.1) is 0 Å². The van der Waals surface area contributed by atoms with E-state index in [0.29, 0.717) is 18.9 Å². The van der Waals surface area contributed by atoms with Crippen molar-refractivity contribution in [2.45, 2.75) is 58.2 Å². The first-order valence-electron chi connectivity index (χ1n) is 7.63. The SMILES string of the molecule is C/C(CC(O)C1CCCCC1)=N\OCc1ccccc1. The van der Waals surface area contributed by atoms with E-state index in [9.17, 15) is 5.11 Å². The van der Waals surface area contributed by atoms with Crippen LogP contribution in [0.3, 0.4) is 0 Å². The second-order valence-corrected chi connectivity index (χ2v) is 5.76. The highest BCUT2D eigenvalue weighted by atomic mass is 16.6. The molecule has 0 bridgehead atoms. The van der Waals surface area contributed by atoms with Crippen LogP contribution in [0.15, 0.2) is 35.5 Å². The summed E-state index contributed by atoms with van der Waals surface area (Å²) in [6, 6.07) is 9.99. The van der Waals surface area contributed by atoms with Crippen molar-refractivity contribution in [3.05, 3.63) is 35.9 Å². The van der Waals surface area contributed by atoms with Gasteiger partial charge in [0.1, 0.15) is 6.61 Å². The zero-order chi connectivity index (χ0) is 14.2. The molecule has 1 aliphatic carbocycles. The number of oxime groups is 1. The fraction of sp³-hybridized carbons (Fsp3) is 0.588. The van der Waals surface area contributed by atoms with E-state index >= 15 is 0 Å². The molecule has 3 heteroatoms. The average Bonchev–Trinajstić information content (AvgIpc) is 2.49. The number of benzene rings is 1. The zero-order valence-corrected chi connectivity index (χ0v) is 12.3. The maximum absolute atomic E-state index is 10.2. The fourth-order valence-corrected chi connectivity index (χ4v) is 2.82. The van der Waals surface area contributed by atoms with Gasteiger partial charge in [-0.3, -0.25) is 0 Å². The van der Waals surface area contributed by atoms with Gasteiger partial charge >= 0.3 is 0 Å². The van der Waals surface area contributed by atoms with Gasteiger partial charge in [-0.05, 0) is 31.2 Å². The fourth-order valence-electron chi connectivity index (χ4n) is 2.82. The van der Waals surface area contributed by atoms with E-state index in [1.165, 1.54) is 19.3 Å². The minimum absolute atomic E-state index is 0.264. The van der Waals surface area contributed by atoms with Gasteiger partial charge in [0.25, 0.3) is 0 Å². The van der Waals surface area contributed by atoms with E-state index in [4.69, 9.17) is 4.84 Å². The summed E-state index contributed by atoms with van der Waals surface area (Å²) in [5, 5.41) is 14.3. The van der Waals surface area contributed by atoms with Crippen LogP contribution in [0.2, 0.25) is 0 Å². The number of aliphatic hydroxyl groups is 1. The van der Waals surface area contributed by atoms with Crippen molar-refractivity contribution in [2.24, 2.45) is 11.1 Å². The molecule has 1 aromatic carbocycles. The maximum atomic E-state index is 10.2. The van der Waals surface area contributed by atoms with Crippen LogP contribution < -0.4 is 0 Å². The summed E-state index contributed by atoms with van der Waals surface area (Å²) in [5.41, 5.74) is 1.98. The summed E-state index contributed by atoms with van der Waals surface area (Å²) in [5.74, 6) is 0.447. The molecule has 1 saturated carbocycles. The van der Waals surface area contributed by atoms with E-state index < -0.39 is 0 Å². The predicted octanol–water partition coefficient (Wildman–Crippen LogP) is 3.91. The second kappa shape index (κ2) is 8.05. The van der Waals surface area contributed by atoms with Crippen molar-refractivity contribution < 1.29 is 9.94 Å². The van der Waals surface area contributed by atoms with Gasteiger partial charge in [0.2, 0.25) is 0 Å². The second-order valence-electron chi connectivity index (χ2n) is 5.76. The Kier molecular flexibility index (Phi) is 6.06. The molecule has 0 saturated heterocycles. The van der Waals surface area contributed by atoms with Gasteiger partial charge in [-0.1, -0.05) is 54.8 Å². The largest absolute Gasteiger partial charge is 0.392 e. The molecule has 1 atom stereocenters. The van der Waals surface area contributed by atoms with Crippen molar-refractivity contribution in [1.82, 2.24) is 0 Å². The molecule has 1 unspecified atom stereocenters. The van der Waals surface area contributed by atoms with Gasteiger partial charge in [-0.2, -0.15) is 0 Å². The molecule has 110 valence electrons. The molecule has 0 spiro atoms. The molecule has 1 N–H and O–H groups in total. The van der Waals surface area contributed by atoms with Crippen LogP contribution in [0.4, 0.5) is 0 Å². The Bertz CT molecular complexity index is 410. The molecule has 0 amide bonds. The molecule has 2 rings (SSSR count). The van der Waals surface area contributed by atoms with E-state index in [1.54, 1.807) is 0 Å². The summed E-state index contributed by atoms with van der Waals surface area (Å²) in [4.78, 5) is 5.35. The van der Waals surface area contributed by atoms with Gasteiger partial charge in [0.15, 0.2) is 0 Å². The minimum Gasteiger partial charge on any atom is -0.392 e. The quantitative estimate of drug-likeness (QED) is 0.631. The Morgan fingerprint density at radius 1 is 1.25 bits per heavy atom. The molecule has 0 aliphatic heterocycles. The first-order valence-corrected chi connectivity index (χ1v) is 7.63. The third-order valence-corrected chi connectivity index (χ3v) is 3.99. The topological polar surface area (TPSA) is 41.8 Å². The Hall–Kier alpha value is -1.35. The van der Waals surface area contributed by atoms with Crippen LogP contribution in [0, 0.1) is 5.92 Å². The first-order chi connectivity index (χ1) is 9.75. The molecular weight excluding hydrogens is 250 g/mol. The van der Waals surface area contributed by atoms with Crippen molar-refractivity contribution in [1.29, 1.82) is 0 Å². The number of rotatable bonds is 6. The lowest BCUT2D eigenvalue weighted by Gasteiger charge is -2.26. The third-order valence-electron chi connectivity index (χ3n) is 3.99. The first kappa shape index (κ1) is 15.0. The molecule has 1 aliphatic rings. The van der Waals surface area contributed by atoms with Gasteiger partial charge in [-0.25, -0.2) is 0 Å². The zero-order valence-electron chi connectivity index (χ0n) is 12.3. The van der Waals surface area contributed by atoms with Crippen LogP contribution >= 0.6 is 0 Å². The average molecular weight is 275 g/mol. The van der Waals surface area contributed by atoms with E-state index in [0.717, 1.165) is 24.1 Å². The van der Waals surface area contributed by atoms with E-state index in [1.807, 2.05) is 37.3 Å². The van der Waals surface area contributed by atoms with Crippen LogP contribution in [-0.4, -0.2) is 16.9 Å². The monoisotopic (exact) mass is 275 g/mol. The van der Waals surface area contributed by atoms with Gasteiger partial charge < -0.3 is 9.94 Å². The highest BCUT2D eigenvalue weighted by Crippen LogP contribution is 2.27. The summed E-state index contributed by atoms with van der Waals surface area (Å²) >= 11 is 0. The Labute approximate surface area is 121 Å². The molecule has 1 aromatic rings. The number of hydrogen-bond donors (Lipinski definition) is 1. The van der Waals surface area contributed by atoms with Crippen molar-refractivity contribution >= 4 is 5.71 Å². The number of nitrogens with zero attached hydrogens (tertiary/aromatic N) is 1. The number of aliphatic hydroxyl groups excluding tert-OH is 1. The maximum Gasteiger partial charge on any atom is 0.142 e. The standard InChI is InChI=1S/C17H25NO2/c1-14(12-17(19)16-10-6-3-7-11-16)18-20-13-15-8-4-2-5-9-15/h2,4-5,8-9,16-17,19H,3,6-7,10-13H2,1H3/b18-14+. The summed E-state index contributed by atoms with van der Waals surface area (Å²) in [7, 11) is 0. The smallest absolute Gasteiger partial charge is 0.142 e. The van der Waals surface area contributed by atoms with Crippen LogP contribution in [0.5, 0.6) is 0 Å². The minimum atomic E-state index is -0.264. The molecule has 3 nitrogen and oxygen atoms in total. The number of hydrogen-bond acceptors (Lipinski definition) is 3. The summed E-state index contributed by atoms with van der Waals surface area (Å²) in [6.45, 7) is 2.41. The summed E-state index contributed by atoms with van der Waals surface area (Å²) < 4.78 is 0. The molecule has 0 heterocycles. The molecule has 20 heavy (non-hydrogen) atoms. The lowest BCUT2D eigenvalue weighted by atomic mass is 9.84. The molecule has 0 radical (unpaired) electrons. The normalized spacial score (nSPS) is 18.8. The van der Waals surface area contributed by atoms with Crippen LogP contribution in [0.1, 0.15) is 51.0 Å². The van der Waals surface area contributed by atoms with Gasteiger partial charge in [0.05, 0.1) is 11.8 Å². The van der Waals surface area contributed by atoms with E-state index in [-0.39, 0.29) is 6.10 Å². The molecular formula is C17H25NO2. The third kappa shape index (κ3) is 4.97. The van der Waals surface area contributed by atoms with Crippen molar-refractivity contribution in [3.8, 4) is 0 Å². The van der Waals surface area contributed by atoms with Crippen LogP contribution in [-0.2, 0) is 11.4 Å².